The Kier molecular flexibility index (Phi) is 2.96. The Morgan fingerprint density at radius 2 is 2.29 bits per heavy atom. The highest BCUT2D eigenvalue weighted by Gasteiger charge is 2.14. The van der Waals surface area contributed by atoms with E-state index in [4.69, 9.17) is 0 Å². The third-order valence-corrected chi connectivity index (χ3v) is 3.75. The van der Waals surface area contributed by atoms with Gasteiger partial charge in [0.25, 0.3) is 0 Å². The summed E-state index contributed by atoms with van der Waals surface area (Å²) >= 11 is 3.46. The molecule has 1 unspecified atom stereocenters. The maximum absolute atomic E-state index is 4.34. The monoisotopic (exact) mass is 224 g/mol. The summed E-state index contributed by atoms with van der Waals surface area (Å²) in [6, 6.07) is 4.57. The molecule has 1 atom stereocenters. The molecular weight excluding hydrogens is 212 g/mol. The van der Waals surface area contributed by atoms with Gasteiger partial charge in [0.15, 0.2) is 0 Å². The maximum atomic E-state index is 4.34. The Morgan fingerprint density at radius 1 is 1.43 bits per heavy atom. The third-order valence-electron chi connectivity index (χ3n) is 2.08. The van der Waals surface area contributed by atoms with E-state index in [0.717, 1.165) is 5.69 Å². The van der Waals surface area contributed by atoms with Gasteiger partial charge < -0.3 is 5.32 Å². The summed E-state index contributed by atoms with van der Waals surface area (Å²) in [5.41, 5.74) is 2.99. The zero-order valence-electron chi connectivity index (χ0n) is 8.15. The molecule has 0 radical (unpaired) electrons. The van der Waals surface area contributed by atoms with Crippen molar-refractivity contribution >= 4 is 22.7 Å². The summed E-state index contributed by atoms with van der Waals surface area (Å²) in [7, 11) is 1.97. The molecule has 2 heterocycles. The van der Waals surface area contributed by atoms with Crippen LogP contribution in [0.2, 0.25) is 0 Å². The van der Waals surface area contributed by atoms with Crippen molar-refractivity contribution in [2.24, 2.45) is 0 Å². The Balaban J connectivity index is 2.31. The van der Waals surface area contributed by atoms with Gasteiger partial charge in [-0.25, -0.2) is 4.98 Å². The molecule has 2 aromatic rings. The summed E-state index contributed by atoms with van der Waals surface area (Å²) in [6.45, 7) is 2.13. The first-order valence-corrected chi connectivity index (χ1v) is 6.19. The predicted molar refractivity (Wildman–Crippen MR) is 62.1 cm³/mol. The first kappa shape index (κ1) is 9.83. The number of aryl methyl sites for hydroxylation is 1. The fourth-order valence-corrected chi connectivity index (χ4v) is 2.99. The molecular formula is C10H12N2S2. The standard InChI is InChI=1S/C10H12N2S2/c1-7-3-4-9(14-7)10(11-2)8-5-13-6-12-8/h3-6,10-11H,1-2H3. The van der Waals surface area contributed by atoms with Crippen LogP contribution in [0.1, 0.15) is 21.5 Å². The first-order valence-electron chi connectivity index (χ1n) is 4.43. The number of nitrogens with one attached hydrogen (secondary N) is 1. The molecule has 0 aliphatic rings. The van der Waals surface area contributed by atoms with Crippen LogP contribution in [0.25, 0.3) is 0 Å². The molecule has 0 bridgehead atoms. The van der Waals surface area contributed by atoms with Gasteiger partial charge >= 0.3 is 0 Å². The zero-order chi connectivity index (χ0) is 9.97. The molecule has 0 saturated heterocycles. The summed E-state index contributed by atoms with van der Waals surface area (Å²) < 4.78 is 0. The van der Waals surface area contributed by atoms with Crippen molar-refractivity contribution < 1.29 is 0 Å². The molecule has 0 saturated carbocycles. The molecule has 0 aliphatic heterocycles. The Hall–Kier alpha value is -0.710. The summed E-state index contributed by atoms with van der Waals surface area (Å²) in [5.74, 6) is 0. The van der Waals surface area contributed by atoms with E-state index in [2.05, 4.69) is 34.7 Å². The minimum absolute atomic E-state index is 0.250. The Labute approximate surface area is 91.6 Å². The highest BCUT2D eigenvalue weighted by Crippen LogP contribution is 2.27. The molecule has 0 spiro atoms. The lowest BCUT2D eigenvalue weighted by Gasteiger charge is -2.11. The van der Waals surface area contributed by atoms with Crippen molar-refractivity contribution in [1.82, 2.24) is 10.3 Å². The normalized spacial score (nSPS) is 13.0. The molecule has 2 nitrogen and oxygen atoms in total. The fourth-order valence-electron chi connectivity index (χ4n) is 1.41. The van der Waals surface area contributed by atoms with Gasteiger partial charge in [0.05, 0.1) is 17.2 Å². The van der Waals surface area contributed by atoms with Gasteiger partial charge in [-0.2, -0.15) is 0 Å². The number of thiophene rings is 1. The largest absolute Gasteiger partial charge is 0.307 e. The topological polar surface area (TPSA) is 24.9 Å². The summed E-state index contributed by atoms with van der Waals surface area (Å²) in [4.78, 5) is 7.01. The lowest BCUT2D eigenvalue weighted by Crippen LogP contribution is -2.16. The van der Waals surface area contributed by atoms with Crippen LogP contribution in [0, 0.1) is 6.92 Å². The molecule has 0 aromatic carbocycles. The lowest BCUT2D eigenvalue weighted by molar-refractivity contribution is 0.687. The van der Waals surface area contributed by atoms with Crippen molar-refractivity contribution in [2.45, 2.75) is 13.0 Å². The van der Waals surface area contributed by atoms with Crippen LogP contribution in [0.5, 0.6) is 0 Å². The molecule has 2 rings (SSSR count). The minimum Gasteiger partial charge on any atom is -0.307 e. The molecule has 4 heteroatoms. The van der Waals surface area contributed by atoms with Gasteiger partial charge in [-0.15, -0.1) is 22.7 Å². The average Bonchev–Trinajstić information content (AvgIpc) is 2.79. The van der Waals surface area contributed by atoms with Gasteiger partial charge in [-0.05, 0) is 26.1 Å². The number of thiazole rings is 1. The van der Waals surface area contributed by atoms with Crippen molar-refractivity contribution in [1.29, 1.82) is 0 Å². The molecule has 0 aliphatic carbocycles. The highest BCUT2D eigenvalue weighted by atomic mass is 32.1. The number of hydrogen-bond donors (Lipinski definition) is 1. The van der Waals surface area contributed by atoms with Crippen molar-refractivity contribution in [2.75, 3.05) is 7.05 Å². The van der Waals surface area contributed by atoms with Gasteiger partial charge in [-0.1, -0.05) is 0 Å². The van der Waals surface area contributed by atoms with E-state index in [1.54, 1.807) is 11.3 Å². The van der Waals surface area contributed by atoms with Crippen LogP contribution in [0.15, 0.2) is 23.0 Å². The van der Waals surface area contributed by atoms with Crippen LogP contribution in [0.4, 0.5) is 0 Å². The lowest BCUT2D eigenvalue weighted by atomic mass is 10.2. The van der Waals surface area contributed by atoms with E-state index >= 15 is 0 Å². The van der Waals surface area contributed by atoms with Crippen molar-refractivity contribution in [3.63, 3.8) is 0 Å². The highest BCUT2D eigenvalue weighted by molar-refractivity contribution is 7.12. The van der Waals surface area contributed by atoms with Crippen molar-refractivity contribution in [3.8, 4) is 0 Å². The van der Waals surface area contributed by atoms with Gasteiger partial charge in [0.1, 0.15) is 0 Å². The third kappa shape index (κ3) is 1.87. The Morgan fingerprint density at radius 3 is 2.79 bits per heavy atom. The number of hydrogen-bond acceptors (Lipinski definition) is 4. The van der Waals surface area contributed by atoms with E-state index in [9.17, 15) is 0 Å². The second-order valence-electron chi connectivity index (χ2n) is 3.08. The van der Waals surface area contributed by atoms with Crippen LogP contribution in [0.3, 0.4) is 0 Å². The molecule has 14 heavy (non-hydrogen) atoms. The first-order chi connectivity index (χ1) is 6.81. The maximum Gasteiger partial charge on any atom is 0.0851 e. The number of nitrogens with zero attached hydrogens (tertiary/aromatic N) is 1. The van der Waals surface area contributed by atoms with Crippen LogP contribution in [-0.2, 0) is 0 Å². The van der Waals surface area contributed by atoms with Gasteiger partial charge in [0, 0.05) is 15.1 Å². The van der Waals surface area contributed by atoms with Gasteiger partial charge in [0.2, 0.25) is 0 Å². The minimum atomic E-state index is 0.250. The summed E-state index contributed by atoms with van der Waals surface area (Å²) in [6.07, 6.45) is 0. The van der Waals surface area contributed by atoms with E-state index < -0.39 is 0 Å². The number of rotatable bonds is 3. The average molecular weight is 224 g/mol. The molecule has 2 aromatic heterocycles. The zero-order valence-corrected chi connectivity index (χ0v) is 9.78. The summed E-state index contributed by atoms with van der Waals surface area (Å²) in [5, 5.41) is 5.38. The smallest absolute Gasteiger partial charge is 0.0851 e. The van der Waals surface area contributed by atoms with Gasteiger partial charge in [-0.3, -0.25) is 0 Å². The van der Waals surface area contributed by atoms with Crippen LogP contribution >= 0.6 is 22.7 Å². The van der Waals surface area contributed by atoms with Crippen LogP contribution in [-0.4, -0.2) is 12.0 Å². The molecule has 74 valence electrons. The quantitative estimate of drug-likeness (QED) is 0.867. The van der Waals surface area contributed by atoms with E-state index in [1.165, 1.54) is 9.75 Å². The molecule has 1 N–H and O–H groups in total. The second kappa shape index (κ2) is 4.21. The second-order valence-corrected chi connectivity index (χ2v) is 5.12. The number of aromatic nitrogens is 1. The molecule has 0 amide bonds. The van der Waals surface area contributed by atoms with E-state index in [1.807, 2.05) is 23.9 Å². The predicted octanol–water partition coefficient (Wildman–Crippen LogP) is 2.82. The Bertz CT molecular complexity index is 392. The molecule has 0 fully saturated rings. The van der Waals surface area contributed by atoms with E-state index in [0.29, 0.717) is 0 Å². The van der Waals surface area contributed by atoms with E-state index in [-0.39, 0.29) is 6.04 Å². The fraction of sp³-hybridized carbons (Fsp3) is 0.300. The SMILES string of the molecule is CNC(c1cscn1)c1ccc(C)s1. The van der Waals surface area contributed by atoms with Crippen LogP contribution < -0.4 is 5.32 Å². The van der Waals surface area contributed by atoms with Crippen molar-refractivity contribution in [3.05, 3.63) is 38.5 Å².